The molecule has 0 saturated heterocycles. The first-order valence-corrected chi connectivity index (χ1v) is 3.01. The molecule has 0 atom stereocenters. The molecule has 0 aliphatic carbocycles. The van der Waals surface area contributed by atoms with Crippen molar-refractivity contribution in [3.05, 3.63) is 11.6 Å². The third kappa shape index (κ3) is 0.962. The minimum atomic E-state index is 0.616. The standard InChI is InChI=1S/C4H6N2OS/c1-6(7)4-5-2-3-8-4/h2-3,7H,1H3. The second-order valence-electron chi connectivity index (χ2n) is 1.34. The molecule has 1 aromatic heterocycles. The normalized spacial score (nSPS) is 9.25. The summed E-state index contributed by atoms with van der Waals surface area (Å²) in [4.78, 5) is 3.81. The molecule has 0 bridgehead atoms. The Bertz CT molecular complexity index is 149. The fourth-order valence-electron chi connectivity index (χ4n) is 0.376. The van der Waals surface area contributed by atoms with Crippen LogP contribution in [0.5, 0.6) is 0 Å². The lowest BCUT2D eigenvalue weighted by molar-refractivity contribution is 0.279. The summed E-state index contributed by atoms with van der Waals surface area (Å²) >= 11 is 1.40. The summed E-state index contributed by atoms with van der Waals surface area (Å²) in [6.45, 7) is 0. The van der Waals surface area contributed by atoms with Gasteiger partial charge in [0.2, 0.25) is 5.13 Å². The van der Waals surface area contributed by atoms with Gasteiger partial charge >= 0.3 is 0 Å². The lowest BCUT2D eigenvalue weighted by Crippen LogP contribution is -2.08. The molecule has 8 heavy (non-hydrogen) atoms. The van der Waals surface area contributed by atoms with Crippen molar-refractivity contribution in [2.75, 3.05) is 12.1 Å². The molecule has 1 heterocycles. The minimum absolute atomic E-state index is 0.616. The number of nitrogens with zero attached hydrogens (tertiary/aromatic N) is 2. The van der Waals surface area contributed by atoms with Gasteiger partial charge in [-0.3, -0.25) is 5.21 Å². The maximum Gasteiger partial charge on any atom is 0.209 e. The summed E-state index contributed by atoms with van der Waals surface area (Å²) in [7, 11) is 1.54. The van der Waals surface area contributed by atoms with Gasteiger partial charge in [0.15, 0.2) is 0 Å². The number of hydrogen-bond donors (Lipinski definition) is 1. The highest BCUT2D eigenvalue weighted by molar-refractivity contribution is 7.13. The Labute approximate surface area is 51.2 Å². The monoisotopic (exact) mass is 130 g/mol. The van der Waals surface area contributed by atoms with Crippen molar-refractivity contribution in [1.82, 2.24) is 4.98 Å². The van der Waals surface area contributed by atoms with Gasteiger partial charge in [-0.25, -0.2) is 10.0 Å². The van der Waals surface area contributed by atoms with E-state index in [2.05, 4.69) is 4.98 Å². The predicted molar refractivity (Wildman–Crippen MR) is 32.3 cm³/mol. The van der Waals surface area contributed by atoms with Crippen LogP contribution in [0.15, 0.2) is 11.6 Å². The fourth-order valence-corrected chi connectivity index (χ4v) is 0.893. The Morgan fingerprint density at radius 1 is 1.88 bits per heavy atom. The fraction of sp³-hybridized carbons (Fsp3) is 0.250. The van der Waals surface area contributed by atoms with Crippen LogP contribution in [0.4, 0.5) is 5.13 Å². The second-order valence-corrected chi connectivity index (χ2v) is 2.21. The predicted octanol–water partition coefficient (Wildman–Crippen LogP) is 0.969. The van der Waals surface area contributed by atoms with Gasteiger partial charge in [0.05, 0.1) is 0 Å². The number of thiazole rings is 1. The highest BCUT2D eigenvalue weighted by Gasteiger charge is 1.94. The zero-order valence-corrected chi connectivity index (χ0v) is 5.22. The summed E-state index contributed by atoms with van der Waals surface area (Å²) in [5.41, 5.74) is 0. The average molecular weight is 130 g/mol. The smallest absolute Gasteiger partial charge is 0.209 e. The van der Waals surface area contributed by atoms with E-state index < -0.39 is 0 Å². The Morgan fingerprint density at radius 2 is 2.62 bits per heavy atom. The Hall–Kier alpha value is -0.610. The van der Waals surface area contributed by atoms with Gasteiger partial charge in [-0.05, 0) is 0 Å². The Morgan fingerprint density at radius 3 is 2.88 bits per heavy atom. The molecule has 44 valence electrons. The summed E-state index contributed by atoms with van der Waals surface area (Å²) in [5.74, 6) is 0. The zero-order chi connectivity index (χ0) is 5.98. The van der Waals surface area contributed by atoms with E-state index in [0.717, 1.165) is 5.06 Å². The molecular formula is C4H6N2OS. The van der Waals surface area contributed by atoms with Gasteiger partial charge in [-0.2, -0.15) is 0 Å². The van der Waals surface area contributed by atoms with Crippen molar-refractivity contribution in [2.24, 2.45) is 0 Å². The highest BCUT2D eigenvalue weighted by Crippen LogP contribution is 2.12. The highest BCUT2D eigenvalue weighted by atomic mass is 32.1. The van der Waals surface area contributed by atoms with Crippen molar-refractivity contribution >= 4 is 16.5 Å². The van der Waals surface area contributed by atoms with Crippen molar-refractivity contribution in [3.8, 4) is 0 Å². The van der Waals surface area contributed by atoms with Crippen LogP contribution in [0.3, 0.4) is 0 Å². The molecule has 0 spiro atoms. The molecule has 4 heteroatoms. The lowest BCUT2D eigenvalue weighted by Gasteiger charge is -2.01. The van der Waals surface area contributed by atoms with Crippen molar-refractivity contribution in [3.63, 3.8) is 0 Å². The minimum Gasteiger partial charge on any atom is -0.287 e. The zero-order valence-electron chi connectivity index (χ0n) is 4.40. The summed E-state index contributed by atoms with van der Waals surface area (Å²) in [6.07, 6.45) is 1.65. The lowest BCUT2D eigenvalue weighted by atomic mass is 11.0. The van der Waals surface area contributed by atoms with Crippen LogP contribution in [-0.2, 0) is 0 Å². The van der Waals surface area contributed by atoms with Gasteiger partial charge in [-0.15, -0.1) is 11.3 Å². The maximum absolute atomic E-state index is 8.69. The van der Waals surface area contributed by atoms with E-state index in [1.54, 1.807) is 13.2 Å². The molecule has 1 N–H and O–H groups in total. The third-order valence-electron chi connectivity index (χ3n) is 0.696. The molecule has 0 aromatic carbocycles. The van der Waals surface area contributed by atoms with Crippen molar-refractivity contribution in [2.45, 2.75) is 0 Å². The van der Waals surface area contributed by atoms with Crippen LogP contribution in [0.2, 0.25) is 0 Å². The number of aromatic nitrogens is 1. The van der Waals surface area contributed by atoms with E-state index in [4.69, 9.17) is 5.21 Å². The maximum atomic E-state index is 8.69. The molecule has 0 aliphatic heterocycles. The molecular weight excluding hydrogens is 124 g/mol. The molecule has 0 aliphatic rings. The van der Waals surface area contributed by atoms with E-state index in [1.807, 2.05) is 5.38 Å². The first-order chi connectivity index (χ1) is 3.80. The van der Waals surface area contributed by atoms with E-state index >= 15 is 0 Å². The first-order valence-electron chi connectivity index (χ1n) is 2.13. The molecule has 3 nitrogen and oxygen atoms in total. The van der Waals surface area contributed by atoms with Crippen LogP contribution in [0.1, 0.15) is 0 Å². The molecule has 1 rings (SSSR count). The van der Waals surface area contributed by atoms with Crippen LogP contribution in [0.25, 0.3) is 0 Å². The summed E-state index contributed by atoms with van der Waals surface area (Å²) in [6, 6.07) is 0. The van der Waals surface area contributed by atoms with Gasteiger partial charge in [0.1, 0.15) is 0 Å². The summed E-state index contributed by atoms with van der Waals surface area (Å²) in [5, 5.41) is 12.1. The van der Waals surface area contributed by atoms with Gasteiger partial charge < -0.3 is 0 Å². The van der Waals surface area contributed by atoms with Crippen LogP contribution >= 0.6 is 11.3 Å². The first kappa shape index (κ1) is 5.53. The van der Waals surface area contributed by atoms with E-state index in [-0.39, 0.29) is 0 Å². The molecule has 0 radical (unpaired) electrons. The average Bonchev–Trinajstić information content (AvgIpc) is 2.12. The number of anilines is 1. The van der Waals surface area contributed by atoms with Crippen molar-refractivity contribution in [1.29, 1.82) is 0 Å². The van der Waals surface area contributed by atoms with Crippen LogP contribution in [0, 0.1) is 0 Å². The van der Waals surface area contributed by atoms with Gasteiger partial charge in [0.25, 0.3) is 0 Å². The Balaban J connectivity index is 2.77. The van der Waals surface area contributed by atoms with E-state index in [1.165, 1.54) is 11.3 Å². The van der Waals surface area contributed by atoms with E-state index in [0.29, 0.717) is 5.13 Å². The van der Waals surface area contributed by atoms with Crippen molar-refractivity contribution < 1.29 is 5.21 Å². The summed E-state index contributed by atoms with van der Waals surface area (Å²) < 4.78 is 0. The van der Waals surface area contributed by atoms with Gasteiger partial charge in [-0.1, -0.05) is 0 Å². The molecule has 0 amide bonds. The second kappa shape index (κ2) is 2.11. The molecule has 0 fully saturated rings. The largest absolute Gasteiger partial charge is 0.287 e. The SMILES string of the molecule is CN(O)c1nccs1. The molecule has 1 aromatic rings. The molecule has 0 unspecified atom stereocenters. The molecule has 0 saturated carbocycles. The van der Waals surface area contributed by atoms with E-state index in [9.17, 15) is 0 Å². The number of hydroxylamine groups is 1. The number of rotatable bonds is 1. The third-order valence-corrected chi connectivity index (χ3v) is 1.53. The van der Waals surface area contributed by atoms with Crippen LogP contribution in [-0.4, -0.2) is 17.2 Å². The quantitative estimate of drug-likeness (QED) is 0.575. The van der Waals surface area contributed by atoms with Gasteiger partial charge in [0, 0.05) is 18.6 Å². The van der Waals surface area contributed by atoms with Crippen LogP contribution < -0.4 is 5.06 Å². The Kier molecular flexibility index (Phi) is 1.45. The topological polar surface area (TPSA) is 36.4 Å². The number of hydrogen-bond acceptors (Lipinski definition) is 4.